The summed E-state index contributed by atoms with van der Waals surface area (Å²) in [7, 11) is 3.98. The average Bonchev–Trinajstić information content (AvgIpc) is 2.29. The van der Waals surface area contributed by atoms with Crippen LogP contribution in [0.2, 0.25) is 0 Å². The lowest BCUT2D eigenvalue weighted by molar-refractivity contribution is 0.245. The van der Waals surface area contributed by atoms with Crippen LogP contribution in [0.4, 0.5) is 10.5 Å². The monoisotopic (exact) mass is 249 g/mol. The Hall–Kier alpha value is -1.55. The minimum atomic E-state index is -0.0371. The number of carbonyl (C=O) groups is 1. The minimum absolute atomic E-state index is 0.0371. The molecule has 2 amide bonds. The Bertz CT molecular complexity index is 390. The third-order valence-corrected chi connectivity index (χ3v) is 2.71. The van der Waals surface area contributed by atoms with Crippen molar-refractivity contribution in [3.05, 3.63) is 29.8 Å². The molecule has 0 saturated carbocycles. The first-order valence-corrected chi connectivity index (χ1v) is 6.31. The third kappa shape index (κ3) is 4.37. The van der Waals surface area contributed by atoms with E-state index in [0.717, 1.165) is 17.8 Å². The van der Waals surface area contributed by atoms with Gasteiger partial charge in [-0.25, -0.2) is 4.79 Å². The molecular formula is C14H23N3O. The van der Waals surface area contributed by atoms with Gasteiger partial charge < -0.3 is 10.2 Å². The summed E-state index contributed by atoms with van der Waals surface area (Å²) in [4.78, 5) is 15.9. The van der Waals surface area contributed by atoms with Crippen LogP contribution in [-0.2, 0) is 0 Å². The van der Waals surface area contributed by atoms with Crippen LogP contribution in [0.5, 0.6) is 0 Å². The Kier molecular flexibility index (Phi) is 5.65. The predicted molar refractivity (Wildman–Crippen MR) is 76.2 cm³/mol. The second-order valence-corrected chi connectivity index (χ2v) is 4.62. The largest absolute Gasteiger partial charge is 0.336 e. The molecule has 0 aliphatic heterocycles. The van der Waals surface area contributed by atoms with Gasteiger partial charge >= 0.3 is 6.03 Å². The van der Waals surface area contributed by atoms with Crippen LogP contribution in [0.3, 0.4) is 0 Å². The summed E-state index contributed by atoms with van der Waals surface area (Å²) in [5, 5.41) is 2.93. The summed E-state index contributed by atoms with van der Waals surface area (Å²) >= 11 is 0. The first-order valence-electron chi connectivity index (χ1n) is 6.31. The Labute approximate surface area is 110 Å². The number of hydrogen-bond acceptors (Lipinski definition) is 2. The summed E-state index contributed by atoms with van der Waals surface area (Å²) < 4.78 is 0. The zero-order valence-electron chi connectivity index (χ0n) is 11.7. The number of hydrogen-bond donors (Lipinski definition) is 1. The number of urea groups is 1. The topological polar surface area (TPSA) is 35.6 Å². The number of carbonyl (C=O) groups excluding carboxylic acids is 1. The van der Waals surface area contributed by atoms with Gasteiger partial charge in [0.05, 0.1) is 0 Å². The van der Waals surface area contributed by atoms with E-state index in [1.165, 1.54) is 0 Å². The molecule has 1 aromatic carbocycles. The van der Waals surface area contributed by atoms with Crippen LogP contribution in [0.1, 0.15) is 12.5 Å². The average molecular weight is 249 g/mol. The minimum Gasteiger partial charge on any atom is -0.336 e. The van der Waals surface area contributed by atoms with Gasteiger partial charge in [0.15, 0.2) is 0 Å². The van der Waals surface area contributed by atoms with Gasteiger partial charge in [0.2, 0.25) is 0 Å². The van der Waals surface area contributed by atoms with E-state index in [0.29, 0.717) is 13.1 Å². The zero-order chi connectivity index (χ0) is 13.5. The summed E-state index contributed by atoms with van der Waals surface area (Å²) in [6.07, 6.45) is 0. The molecule has 1 N–H and O–H groups in total. The van der Waals surface area contributed by atoms with Crippen molar-refractivity contribution in [3.8, 4) is 0 Å². The molecule has 18 heavy (non-hydrogen) atoms. The van der Waals surface area contributed by atoms with E-state index in [9.17, 15) is 4.79 Å². The lowest BCUT2D eigenvalue weighted by Gasteiger charge is -2.22. The van der Waals surface area contributed by atoms with E-state index < -0.39 is 0 Å². The van der Waals surface area contributed by atoms with Crippen molar-refractivity contribution >= 4 is 11.7 Å². The standard InChI is InChI=1S/C14H23N3O/c1-5-17(13-8-6-7-12(2)11-13)14(18)15-9-10-16(3)4/h6-8,11H,5,9-10H2,1-4H3,(H,15,18). The molecule has 0 aliphatic rings. The second kappa shape index (κ2) is 7.01. The van der Waals surface area contributed by atoms with Crippen molar-refractivity contribution in [3.63, 3.8) is 0 Å². The molecule has 0 aromatic heterocycles. The Balaban J connectivity index is 2.63. The molecule has 0 saturated heterocycles. The lowest BCUT2D eigenvalue weighted by Crippen LogP contribution is -2.42. The van der Waals surface area contributed by atoms with Crippen molar-refractivity contribution in [2.45, 2.75) is 13.8 Å². The first-order chi connectivity index (χ1) is 8.54. The smallest absolute Gasteiger partial charge is 0.321 e. The third-order valence-electron chi connectivity index (χ3n) is 2.71. The predicted octanol–water partition coefficient (Wildman–Crippen LogP) is 2.09. The maximum Gasteiger partial charge on any atom is 0.321 e. The molecule has 0 bridgehead atoms. The van der Waals surface area contributed by atoms with Gasteiger partial charge in [-0.3, -0.25) is 4.90 Å². The van der Waals surface area contributed by atoms with Gasteiger partial charge in [-0.05, 0) is 45.6 Å². The van der Waals surface area contributed by atoms with Crippen molar-refractivity contribution in [1.29, 1.82) is 0 Å². The zero-order valence-corrected chi connectivity index (χ0v) is 11.7. The van der Waals surface area contributed by atoms with Gasteiger partial charge in [0.25, 0.3) is 0 Å². The molecule has 0 atom stereocenters. The molecule has 0 fully saturated rings. The van der Waals surface area contributed by atoms with E-state index in [1.54, 1.807) is 4.90 Å². The lowest BCUT2D eigenvalue weighted by atomic mass is 10.2. The molecule has 0 spiro atoms. The number of aryl methyl sites for hydroxylation is 1. The number of anilines is 1. The molecule has 4 heteroatoms. The van der Waals surface area contributed by atoms with Crippen LogP contribution in [-0.4, -0.2) is 44.7 Å². The Morgan fingerprint density at radius 3 is 2.61 bits per heavy atom. The van der Waals surface area contributed by atoms with E-state index in [-0.39, 0.29) is 6.03 Å². The van der Waals surface area contributed by atoms with Gasteiger partial charge in [0, 0.05) is 25.3 Å². The van der Waals surface area contributed by atoms with Crippen molar-refractivity contribution < 1.29 is 4.79 Å². The van der Waals surface area contributed by atoms with Gasteiger partial charge in [-0.1, -0.05) is 12.1 Å². The Morgan fingerprint density at radius 2 is 2.06 bits per heavy atom. The van der Waals surface area contributed by atoms with Crippen LogP contribution >= 0.6 is 0 Å². The number of nitrogens with one attached hydrogen (secondary N) is 1. The number of amides is 2. The maximum atomic E-state index is 12.1. The second-order valence-electron chi connectivity index (χ2n) is 4.62. The first kappa shape index (κ1) is 14.5. The van der Waals surface area contributed by atoms with Gasteiger partial charge in [0.1, 0.15) is 0 Å². The molecular weight excluding hydrogens is 226 g/mol. The van der Waals surface area contributed by atoms with Crippen molar-refractivity contribution in [2.75, 3.05) is 38.6 Å². The molecule has 1 rings (SSSR count). The quantitative estimate of drug-likeness (QED) is 0.867. The van der Waals surface area contributed by atoms with Crippen LogP contribution < -0.4 is 10.2 Å². The molecule has 1 aromatic rings. The molecule has 100 valence electrons. The van der Waals surface area contributed by atoms with E-state index >= 15 is 0 Å². The fourth-order valence-corrected chi connectivity index (χ4v) is 1.72. The summed E-state index contributed by atoms with van der Waals surface area (Å²) in [6.45, 7) is 6.18. The number of likely N-dealkylation sites (N-methyl/N-ethyl adjacent to an activating group) is 1. The van der Waals surface area contributed by atoms with Crippen LogP contribution in [0, 0.1) is 6.92 Å². The van der Waals surface area contributed by atoms with Crippen LogP contribution in [0.15, 0.2) is 24.3 Å². The van der Waals surface area contributed by atoms with Gasteiger partial charge in [-0.2, -0.15) is 0 Å². The highest BCUT2D eigenvalue weighted by molar-refractivity contribution is 5.91. The molecule has 0 aliphatic carbocycles. The number of rotatable bonds is 5. The molecule has 0 radical (unpaired) electrons. The fraction of sp³-hybridized carbons (Fsp3) is 0.500. The van der Waals surface area contributed by atoms with Crippen molar-refractivity contribution in [2.24, 2.45) is 0 Å². The maximum absolute atomic E-state index is 12.1. The van der Waals surface area contributed by atoms with E-state index in [1.807, 2.05) is 57.1 Å². The fourth-order valence-electron chi connectivity index (χ4n) is 1.72. The molecule has 4 nitrogen and oxygen atoms in total. The SMILES string of the molecule is CCN(C(=O)NCCN(C)C)c1cccc(C)c1. The molecule has 0 heterocycles. The highest BCUT2D eigenvalue weighted by atomic mass is 16.2. The normalized spacial score (nSPS) is 10.5. The highest BCUT2D eigenvalue weighted by Gasteiger charge is 2.12. The summed E-state index contributed by atoms with van der Waals surface area (Å²) in [5.41, 5.74) is 2.10. The number of nitrogens with zero attached hydrogens (tertiary/aromatic N) is 2. The molecule has 0 unspecified atom stereocenters. The van der Waals surface area contributed by atoms with E-state index in [2.05, 4.69) is 5.32 Å². The number of benzene rings is 1. The summed E-state index contributed by atoms with van der Waals surface area (Å²) in [5.74, 6) is 0. The Morgan fingerprint density at radius 1 is 1.33 bits per heavy atom. The van der Waals surface area contributed by atoms with E-state index in [4.69, 9.17) is 0 Å². The summed E-state index contributed by atoms with van der Waals surface area (Å²) in [6, 6.07) is 7.95. The van der Waals surface area contributed by atoms with Crippen LogP contribution in [0.25, 0.3) is 0 Å². The highest BCUT2D eigenvalue weighted by Crippen LogP contribution is 2.15. The van der Waals surface area contributed by atoms with Crippen molar-refractivity contribution in [1.82, 2.24) is 10.2 Å². The van der Waals surface area contributed by atoms with Gasteiger partial charge in [-0.15, -0.1) is 0 Å².